The molecule has 2 aromatic rings. The van der Waals surface area contributed by atoms with Crippen molar-refractivity contribution in [1.82, 2.24) is 10.2 Å². The summed E-state index contributed by atoms with van der Waals surface area (Å²) in [5.41, 5.74) is -0.0946. The van der Waals surface area contributed by atoms with Crippen molar-refractivity contribution in [2.45, 2.75) is 76.6 Å². The van der Waals surface area contributed by atoms with Crippen LogP contribution in [0, 0.1) is 0 Å². The summed E-state index contributed by atoms with van der Waals surface area (Å²) in [6.45, 7) is 5.98. The summed E-state index contributed by atoms with van der Waals surface area (Å²) in [6, 6.07) is 9.96. The Labute approximate surface area is 213 Å². The Hall–Kier alpha value is -2.36. The molecule has 4 rings (SSSR count). The third-order valence-electron chi connectivity index (χ3n) is 6.55. The zero-order chi connectivity index (χ0) is 25.3. The number of nitrogens with zero attached hydrogens (tertiary/aromatic N) is 2. The van der Waals surface area contributed by atoms with Crippen LogP contribution in [0.4, 0.5) is 10.5 Å². The topological polar surface area (TPSA) is 102 Å². The maximum absolute atomic E-state index is 13.4. The minimum Gasteiger partial charge on any atom is -0.755 e. The predicted molar refractivity (Wildman–Crippen MR) is 136 cm³/mol. The fourth-order valence-electron chi connectivity index (χ4n) is 4.98. The number of nitrogens with one attached hydrogen (secondary N) is 1. The first kappa shape index (κ1) is 25.7. The van der Waals surface area contributed by atoms with Crippen LogP contribution in [0.5, 0.6) is 0 Å². The lowest BCUT2D eigenvalue weighted by atomic mass is 9.90. The van der Waals surface area contributed by atoms with Gasteiger partial charge >= 0.3 is 6.09 Å². The summed E-state index contributed by atoms with van der Waals surface area (Å²) < 4.78 is 31.0. The smallest absolute Gasteiger partial charge is 0.407 e. The zero-order valence-corrected chi connectivity index (χ0v) is 21.7. The molecule has 1 heterocycles. The highest BCUT2D eigenvalue weighted by atomic mass is 35.5. The molecule has 10 heteroatoms. The molecule has 0 bridgehead atoms. The highest BCUT2D eigenvalue weighted by Gasteiger charge is 2.41. The molecule has 2 atom stereocenters. The van der Waals surface area contributed by atoms with Crippen LogP contribution in [0.15, 0.2) is 36.4 Å². The molecule has 2 aliphatic rings. The Balaban J connectivity index is 1.41. The lowest BCUT2D eigenvalue weighted by molar-refractivity contribution is -0.131. The van der Waals surface area contributed by atoms with Gasteiger partial charge in [0.25, 0.3) is 0 Å². The zero-order valence-electron chi connectivity index (χ0n) is 20.2. The summed E-state index contributed by atoms with van der Waals surface area (Å²) in [6.07, 6.45) is 2.98. The molecule has 0 radical (unpaired) electrons. The van der Waals surface area contributed by atoms with E-state index < -0.39 is 29.0 Å². The van der Waals surface area contributed by atoms with Crippen LogP contribution < -0.4 is 9.62 Å². The summed E-state index contributed by atoms with van der Waals surface area (Å²) >= 11 is 3.45. The average Bonchev–Trinajstić information content (AvgIpc) is 3.14. The van der Waals surface area contributed by atoms with Gasteiger partial charge in [-0.3, -0.25) is 13.3 Å². The monoisotopic (exact) mass is 520 g/mol. The quantitative estimate of drug-likeness (QED) is 0.583. The highest BCUT2D eigenvalue weighted by Crippen LogP contribution is 2.33. The average molecular weight is 521 g/mol. The molecular weight excluding hydrogens is 490 g/mol. The van der Waals surface area contributed by atoms with Crippen molar-refractivity contribution in [2.75, 3.05) is 10.8 Å². The Morgan fingerprint density at radius 2 is 1.77 bits per heavy atom. The van der Waals surface area contributed by atoms with Crippen molar-refractivity contribution in [2.24, 2.45) is 0 Å². The fourth-order valence-corrected chi connectivity index (χ4v) is 5.85. The number of fused-ring (bicyclic) bond motifs is 1. The molecule has 2 aromatic carbocycles. The normalized spacial score (nSPS) is 23.9. The van der Waals surface area contributed by atoms with Gasteiger partial charge in [-0.05, 0) is 87.9 Å². The molecule has 0 aromatic heterocycles. The molecule has 1 aliphatic heterocycles. The van der Waals surface area contributed by atoms with Gasteiger partial charge in [-0.1, -0.05) is 23.7 Å². The number of likely N-dealkylation sites (tertiary alicyclic amines) is 1. The van der Waals surface area contributed by atoms with Gasteiger partial charge in [0.1, 0.15) is 11.6 Å². The number of benzene rings is 2. The second-order valence-electron chi connectivity index (χ2n) is 10.2. The van der Waals surface area contributed by atoms with E-state index >= 15 is 0 Å². The molecule has 8 nitrogen and oxygen atoms in total. The van der Waals surface area contributed by atoms with Crippen LogP contribution in [-0.4, -0.2) is 55.9 Å². The number of amides is 2. The van der Waals surface area contributed by atoms with Crippen LogP contribution in [0.3, 0.4) is 0 Å². The molecule has 2 fully saturated rings. The first-order valence-electron chi connectivity index (χ1n) is 11.9. The predicted octanol–water partition coefficient (Wildman–Crippen LogP) is 4.53. The molecule has 1 aliphatic carbocycles. The lowest BCUT2D eigenvalue weighted by Gasteiger charge is -2.36. The maximum atomic E-state index is 13.4. The molecule has 1 saturated carbocycles. The van der Waals surface area contributed by atoms with Crippen molar-refractivity contribution < 1.29 is 23.1 Å². The number of rotatable bonds is 5. The summed E-state index contributed by atoms with van der Waals surface area (Å²) in [5, 5.41) is 5.27. The first-order chi connectivity index (χ1) is 16.5. The molecule has 1 N–H and O–H groups in total. The van der Waals surface area contributed by atoms with Gasteiger partial charge in [0.05, 0.1) is 0 Å². The van der Waals surface area contributed by atoms with Gasteiger partial charge in [0.2, 0.25) is 5.91 Å². The standard InChI is InChI=1S/C25H32ClN3O5S/c1-25(2,3)34-24(31)27-19-7-10-20(11-8-19)28-13-12-22(23(28)30)29(35(32)33)21-9-5-16-14-18(26)6-4-17(16)15-21/h4-6,9,14-15,19-20,22H,7-8,10-13H2,1-3H3,(H,27,31)(H,32,33)/p-1. The third-order valence-corrected chi connectivity index (χ3v) is 7.58. The molecule has 2 unspecified atom stereocenters. The van der Waals surface area contributed by atoms with E-state index in [2.05, 4.69) is 5.32 Å². The lowest BCUT2D eigenvalue weighted by Crippen LogP contribution is -2.48. The van der Waals surface area contributed by atoms with Gasteiger partial charge in [-0.15, -0.1) is 0 Å². The van der Waals surface area contributed by atoms with Crippen molar-refractivity contribution in [3.8, 4) is 0 Å². The van der Waals surface area contributed by atoms with E-state index in [0.29, 0.717) is 23.7 Å². The second kappa shape index (κ2) is 10.3. The van der Waals surface area contributed by atoms with E-state index in [1.165, 1.54) is 4.31 Å². The minimum atomic E-state index is -2.60. The van der Waals surface area contributed by atoms with Gasteiger partial charge < -0.3 is 19.5 Å². The minimum absolute atomic E-state index is 0.00588. The Morgan fingerprint density at radius 1 is 1.11 bits per heavy atom. The van der Waals surface area contributed by atoms with Crippen LogP contribution in [-0.2, 0) is 20.8 Å². The van der Waals surface area contributed by atoms with E-state index in [9.17, 15) is 18.4 Å². The van der Waals surface area contributed by atoms with E-state index in [-0.39, 0.29) is 18.0 Å². The Kier molecular flexibility index (Phi) is 7.59. The molecule has 1 saturated heterocycles. The molecule has 2 amide bonds. The largest absolute Gasteiger partial charge is 0.755 e. The Morgan fingerprint density at radius 3 is 2.43 bits per heavy atom. The fraction of sp³-hybridized carbons (Fsp3) is 0.520. The molecule has 35 heavy (non-hydrogen) atoms. The highest BCUT2D eigenvalue weighted by molar-refractivity contribution is 7.80. The van der Waals surface area contributed by atoms with Crippen molar-refractivity contribution in [3.63, 3.8) is 0 Å². The van der Waals surface area contributed by atoms with Crippen LogP contribution in [0.25, 0.3) is 10.8 Å². The van der Waals surface area contributed by atoms with E-state index in [0.717, 1.165) is 36.5 Å². The van der Waals surface area contributed by atoms with Gasteiger partial charge in [0, 0.05) is 40.6 Å². The summed E-state index contributed by atoms with van der Waals surface area (Å²) in [5.74, 6) is -0.172. The first-order valence-corrected chi connectivity index (χ1v) is 13.3. The number of ether oxygens (including phenoxy) is 1. The molecule has 0 spiro atoms. The number of carbonyl (C=O) groups is 2. The number of halogens is 1. The van der Waals surface area contributed by atoms with E-state index in [4.69, 9.17) is 16.3 Å². The van der Waals surface area contributed by atoms with Gasteiger partial charge in [-0.2, -0.15) is 0 Å². The number of anilines is 1. The number of hydrogen-bond acceptors (Lipinski definition) is 5. The van der Waals surface area contributed by atoms with Gasteiger partial charge in [-0.25, -0.2) is 4.79 Å². The van der Waals surface area contributed by atoms with Crippen LogP contribution >= 0.6 is 11.6 Å². The van der Waals surface area contributed by atoms with E-state index in [1.54, 1.807) is 18.2 Å². The third kappa shape index (κ3) is 6.08. The molecule has 190 valence electrons. The van der Waals surface area contributed by atoms with Crippen molar-refractivity contribution in [3.05, 3.63) is 41.4 Å². The van der Waals surface area contributed by atoms with Gasteiger partial charge in [0.15, 0.2) is 0 Å². The van der Waals surface area contributed by atoms with Crippen molar-refractivity contribution >= 4 is 51.3 Å². The van der Waals surface area contributed by atoms with E-state index in [1.807, 2.05) is 43.9 Å². The summed E-state index contributed by atoms with van der Waals surface area (Å²) in [7, 11) is 0. The van der Waals surface area contributed by atoms with Crippen molar-refractivity contribution in [1.29, 1.82) is 0 Å². The second-order valence-corrected chi connectivity index (χ2v) is 11.5. The molecular formula is C25H31ClN3O5S-. The van der Waals surface area contributed by atoms with Crippen LogP contribution in [0.1, 0.15) is 52.9 Å². The maximum Gasteiger partial charge on any atom is 0.407 e. The summed E-state index contributed by atoms with van der Waals surface area (Å²) in [4.78, 5) is 27.2. The number of carbonyl (C=O) groups excluding carboxylic acids is 2. The van der Waals surface area contributed by atoms with Crippen LogP contribution in [0.2, 0.25) is 5.02 Å². The number of hydrogen-bond donors (Lipinski definition) is 1. The Bertz CT molecular complexity index is 1130. The number of alkyl carbamates (subject to hydrolysis) is 1. The SMILES string of the molecule is CC(C)(C)OC(=O)NC1CCC(N2CCC(N(c3ccc4cc(Cl)ccc4c3)S(=O)[O-])C2=O)CC1.